The molecule has 0 bridgehead atoms. The van der Waals surface area contributed by atoms with Crippen LogP contribution in [0, 0.1) is 0 Å². The molecule has 0 spiro atoms. The average molecular weight is 266 g/mol. The second-order valence-electron chi connectivity index (χ2n) is 4.32. The van der Waals surface area contributed by atoms with Crippen LogP contribution in [0.15, 0.2) is 16.7 Å². The van der Waals surface area contributed by atoms with Gasteiger partial charge in [0.25, 0.3) is 5.91 Å². The van der Waals surface area contributed by atoms with Crippen molar-refractivity contribution in [2.45, 2.75) is 39.5 Å². The van der Waals surface area contributed by atoms with E-state index in [2.05, 4.69) is 34.2 Å². The highest BCUT2D eigenvalue weighted by Crippen LogP contribution is 2.14. The Hall–Kier alpha value is -1.92. The lowest BCUT2D eigenvalue weighted by Crippen LogP contribution is -2.19. The lowest BCUT2D eigenvalue weighted by Gasteiger charge is -2.16. The van der Waals surface area contributed by atoms with Gasteiger partial charge < -0.3 is 10.7 Å². The van der Waals surface area contributed by atoms with Crippen LogP contribution in [0.2, 0.25) is 0 Å². The van der Waals surface area contributed by atoms with Crippen molar-refractivity contribution in [2.24, 2.45) is 16.1 Å². The van der Waals surface area contributed by atoms with E-state index in [0.717, 1.165) is 38.8 Å². The Morgan fingerprint density at radius 1 is 1.37 bits per heavy atom. The van der Waals surface area contributed by atoms with Crippen LogP contribution >= 0.6 is 0 Å². The summed E-state index contributed by atoms with van der Waals surface area (Å²) in [6.45, 7) is 5.98. The summed E-state index contributed by atoms with van der Waals surface area (Å²) in [6.07, 6.45) is 5.72. The minimum atomic E-state index is -0.583. The molecule has 0 saturated heterocycles. The molecule has 0 aliphatic carbocycles. The minimum absolute atomic E-state index is 0.190. The maximum absolute atomic E-state index is 11.1. The minimum Gasteiger partial charge on any atom is -0.364 e. The fourth-order valence-electron chi connectivity index (χ4n) is 1.53. The number of rotatable bonds is 9. The highest BCUT2D eigenvalue weighted by Gasteiger charge is 2.10. The summed E-state index contributed by atoms with van der Waals surface area (Å²) >= 11 is 0. The van der Waals surface area contributed by atoms with Gasteiger partial charge >= 0.3 is 0 Å². The molecule has 1 heterocycles. The van der Waals surface area contributed by atoms with Crippen LogP contribution in [0.4, 0.5) is 5.82 Å². The number of unbranched alkanes of at least 4 members (excludes halogenated alkanes) is 2. The molecule has 3 N–H and O–H groups in total. The van der Waals surface area contributed by atoms with Crippen LogP contribution in [-0.4, -0.2) is 34.0 Å². The predicted octanol–water partition coefficient (Wildman–Crippen LogP) is 2.41. The maximum Gasteiger partial charge on any atom is 0.269 e. The monoisotopic (exact) mass is 266 g/mol. The van der Waals surface area contributed by atoms with Gasteiger partial charge in [0, 0.05) is 13.1 Å². The number of nitrogens with zero attached hydrogens (tertiary/aromatic N) is 4. The van der Waals surface area contributed by atoms with Gasteiger partial charge in [0.1, 0.15) is 0 Å². The quantitative estimate of drug-likeness (QED) is 0.530. The third-order valence-electron chi connectivity index (χ3n) is 2.67. The summed E-state index contributed by atoms with van der Waals surface area (Å²) in [4.78, 5) is 17.7. The number of nitrogens with one attached hydrogen (secondary N) is 1. The zero-order chi connectivity index (χ0) is 14.1. The molecule has 106 valence electrons. The van der Waals surface area contributed by atoms with E-state index in [-0.39, 0.29) is 11.5 Å². The number of imidazole rings is 1. The molecule has 0 fully saturated rings. The molecule has 1 amide bonds. The van der Waals surface area contributed by atoms with Crippen molar-refractivity contribution in [3.63, 3.8) is 0 Å². The van der Waals surface area contributed by atoms with Crippen LogP contribution in [0.1, 0.15) is 50.0 Å². The van der Waals surface area contributed by atoms with Gasteiger partial charge in [-0.05, 0) is 12.8 Å². The van der Waals surface area contributed by atoms with Gasteiger partial charge in [0.15, 0.2) is 5.69 Å². The van der Waals surface area contributed by atoms with E-state index in [9.17, 15) is 4.79 Å². The first-order valence-electron chi connectivity index (χ1n) is 6.68. The van der Waals surface area contributed by atoms with E-state index in [1.807, 2.05) is 5.01 Å². The van der Waals surface area contributed by atoms with Crippen LogP contribution in [0.3, 0.4) is 0 Å². The van der Waals surface area contributed by atoms with Crippen LogP contribution in [0.25, 0.3) is 0 Å². The van der Waals surface area contributed by atoms with Crippen molar-refractivity contribution < 1.29 is 4.79 Å². The largest absolute Gasteiger partial charge is 0.364 e. The fraction of sp³-hybridized carbons (Fsp3) is 0.667. The van der Waals surface area contributed by atoms with Gasteiger partial charge in [-0.1, -0.05) is 31.9 Å². The van der Waals surface area contributed by atoms with E-state index in [4.69, 9.17) is 5.73 Å². The molecule has 1 aromatic heterocycles. The smallest absolute Gasteiger partial charge is 0.269 e. The number of hydrogen-bond acceptors (Lipinski definition) is 4. The van der Waals surface area contributed by atoms with Crippen molar-refractivity contribution in [2.75, 3.05) is 13.1 Å². The highest BCUT2D eigenvalue weighted by atomic mass is 16.1. The lowest BCUT2D eigenvalue weighted by molar-refractivity contribution is 0.0996. The number of carbonyl (C=O) groups is 1. The van der Waals surface area contributed by atoms with Gasteiger partial charge in [0.05, 0.1) is 6.33 Å². The van der Waals surface area contributed by atoms with Gasteiger partial charge in [-0.25, -0.2) is 4.98 Å². The molecule has 1 rings (SSSR count). The first kappa shape index (κ1) is 15.1. The van der Waals surface area contributed by atoms with Gasteiger partial charge in [-0.15, -0.1) is 5.11 Å². The van der Waals surface area contributed by atoms with Crippen molar-refractivity contribution in [1.82, 2.24) is 15.0 Å². The van der Waals surface area contributed by atoms with E-state index >= 15 is 0 Å². The Balaban J connectivity index is 2.67. The first-order chi connectivity index (χ1) is 9.19. The number of hydrogen-bond donors (Lipinski definition) is 2. The Bertz CT molecular complexity index is 406. The SMILES string of the molecule is CCCCN(CCCC)/N=N/c1nc[nH]c1C(N)=O. The summed E-state index contributed by atoms with van der Waals surface area (Å²) in [5, 5.41) is 10.1. The number of primary amides is 1. The van der Waals surface area contributed by atoms with Gasteiger partial charge in [-0.3, -0.25) is 9.80 Å². The molecule has 1 aromatic rings. The van der Waals surface area contributed by atoms with Crippen molar-refractivity contribution >= 4 is 11.7 Å². The zero-order valence-electron chi connectivity index (χ0n) is 11.6. The van der Waals surface area contributed by atoms with E-state index in [0.29, 0.717) is 0 Å². The van der Waals surface area contributed by atoms with Crippen LogP contribution in [0.5, 0.6) is 0 Å². The van der Waals surface area contributed by atoms with Crippen molar-refractivity contribution in [3.05, 3.63) is 12.0 Å². The fourth-order valence-corrected chi connectivity index (χ4v) is 1.53. The summed E-state index contributed by atoms with van der Waals surface area (Å²) < 4.78 is 0. The number of carbonyl (C=O) groups excluding carboxylic acids is 1. The second-order valence-corrected chi connectivity index (χ2v) is 4.32. The summed E-state index contributed by atoms with van der Waals surface area (Å²) in [5.41, 5.74) is 5.39. The molecule has 0 aliphatic rings. The first-order valence-corrected chi connectivity index (χ1v) is 6.68. The molecule has 0 radical (unpaired) electrons. The third kappa shape index (κ3) is 5.07. The molecular formula is C12H22N6O. The molecule has 7 nitrogen and oxygen atoms in total. The molecule has 19 heavy (non-hydrogen) atoms. The number of aromatic amines is 1. The van der Waals surface area contributed by atoms with Crippen molar-refractivity contribution in [1.29, 1.82) is 0 Å². The maximum atomic E-state index is 11.1. The molecule has 0 aromatic carbocycles. The Labute approximate surface area is 113 Å². The normalized spacial score (nSPS) is 11.1. The summed E-state index contributed by atoms with van der Waals surface area (Å²) in [7, 11) is 0. The number of amides is 1. The summed E-state index contributed by atoms with van der Waals surface area (Å²) in [6, 6.07) is 0. The van der Waals surface area contributed by atoms with Crippen LogP contribution in [-0.2, 0) is 0 Å². The molecule has 0 unspecified atom stereocenters. The summed E-state index contributed by atoms with van der Waals surface area (Å²) in [5.74, 6) is -0.342. The Kier molecular flexibility index (Phi) is 6.56. The topological polar surface area (TPSA) is 99.7 Å². The molecule has 7 heteroatoms. The van der Waals surface area contributed by atoms with E-state index in [1.54, 1.807) is 0 Å². The zero-order valence-corrected chi connectivity index (χ0v) is 11.6. The Morgan fingerprint density at radius 2 is 2.00 bits per heavy atom. The molecular weight excluding hydrogens is 244 g/mol. The third-order valence-corrected chi connectivity index (χ3v) is 2.67. The average Bonchev–Trinajstić information content (AvgIpc) is 2.86. The number of aromatic nitrogens is 2. The van der Waals surface area contributed by atoms with Crippen molar-refractivity contribution in [3.8, 4) is 0 Å². The second kappa shape index (κ2) is 8.23. The van der Waals surface area contributed by atoms with Gasteiger partial charge in [0.2, 0.25) is 5.82 Å². The van der Waals surface area contributed by atoms with Gasteiger partial charge in [-0.2, -0.15) is 0 Å². The standard InChI is InChI=1S/C12H22N6O/c1-3-5-7-18(8-6-4-2)17-16-12-10(11(13)19)14-9-15-12/h9H,3-8H2,1-2H3,(H2,13,19)(H,14,15)/b17-16+. The Morgan fingerprint density at radius 3 is 2.53 bits per heavy atom. The van der Waals surface area contributed by atoms with E-state index in [1.165, 1.54) is 6.33 Å². The molecule has 0 atom stereocenters. The van der Waals surface area contributed by atoms with E-state index < -0.39 is 5.91 Å². The number of nitrogens with two attached hydrogens (primary N) is 1. The van der Waals surface area contributed by atoms with Crippen LogP contribution < -0.4 is 5.73 Å². The highest BCUT2D eigenvalue weighted by molar-refractivity contribution is 5.94. The lowest BCUT2D eigenvalue weighted by atomic mass is 10.3. The predicted molar refractivity (Wildman–Crippen MR) is 73.0 cm³/mol. The number of H-pyrrole nitrogens is 1. The molecule has 0 aliphatic heterocycles. The molecule has 0 saturated carbocycles.